The molecule has 0 bridgehead atoms. The van der Waals surface area contributed by atoms with Gasteiger partial charge in [0.2, 0.25) is 0 Å². The fourth-order valence-electron chi connectivity index (χ4n) is 2.17. The van der Waals surface area contributed by atoms with Crippen molar-refractivity contribution < 1.29 is 9.90 Å². The van der Waals surface area contributed by atoms with Crippen molar-refractivity contribution in [2.24, 2.45) is 7.05 Å². The van der Waals surface area contributed by atoms with Crippen molar-refractivity contribution >= 4 is 5.97 Å². The van der Waals surface area contributed by atoms with Crippen LogP contribution >= 0.6 is 0 Å². The summed E-state index contributed by atoms with van der Waals surface area (Å²) in [5, 5.41) is 13.3. The molecular weight excluding hydrogens is 254 g/mol. The number of aryl methyl sites for hydroxylation is 1. The van der Waals surface area contributed by atoms with Crippen molar-refractivity contribution in [1.82, 2.24) is 14.7 Å². The Morgan fingerprint density at radius 1 is 1.35 bits per heavy atom. The van der Waals surface area contributed by atoms with E-state index in [1.807, 2.05) is 37.0 Å². The summed E-state index contributed by atoms with van der Waals surface area (Å²) in [5.41, 5.74) is 2.40. The van der Waals surface area contributed by atoms with Crippen LogP contribution in [0.5, 0.6) is 0 Å². The Bertz CT molecular complexity index is 592. The fraction of sp³-hybridized carbons (Fsp3) is 0.333. The van der Waals surface area contributed by atoms with Crippen LogP contribution in [0.15, 0.2) is 36.5 Å². The molecular formula is C15H19N3O2. The lowest BCUT2D eigenvalue weighted by molar-refractivity contribution is 0.0695. The Balaban J connectivity index is 1.95. The molecule has 5 nitrogen and oxygen atoms in total. The van der Waals surface area contributed by atoms with E-state index in [0.29, 0.717) is 5.56 Å². The number of hydrogen-bond donors (Lipinski definition) is 1. The summed E-state index contributed by atoms with van der Waals surface area (Å²) < 4.78 is 1.85. The topological polar surface area (TPSA) is 58.4 Å². The monoisotopic (exact) mass is 273 g/mol. The first kappa shape index (κ1) is 14.3. The van der Waals surface area contributed by atoms with E-state index in [4.69, 9.17) is 5.11 Å². The zero-order valence-electron chi connectivity index (χ0n) is 11.8. The Labute approximate surface area is 118 Å². The molecule has 1 N–H and O–H groups in total. The van der Waals surface area contributed by atoms with Gasteiger partial charge in [0, 0.05) is 26.3 Å². The molecule has 0 radical (unpaired) electrons. The maximum absolute atomic E-state index is 11.1. The summed E-state index contributed by atoms with van der Waals surface area (Å²) in [5.74, 6) is -0.866. The second-order valence-electron chi connectivity index (χ2n) is 4.90. The molecule has 5 heteroatoms. The smallest absolute Gasteiger partial charge is 0.335 e. The number of nitrogens with zero attached hydrogens (tertiary/aromatic N) is 3. The minimum Gasteiger partial charge on any atom is -0.478 e. The summed E-state index contributed by atoms with van der Waals surface area (Å²) in [7, 11) is 3.94. The molecule has 20 heavy (non-hydrogen) atoms. The molecule has 0 amide bonds. The largest absolute Gasteiger partial charge is 0.478 e. The molecule has 0 aliphatic rings. The molecule has 0 atom stereocenters. The van der Waals surface area contributed by atoms with Crippen LogP contribution in [0.25, 0.3) is 0 Å². The average Bonchev–Trinajstić information content (AvgIpc) is 2.82. The first-order valence-electron chi connectivity index (χ1n) is 6.54. The molecule has 2 rings (SSSR count). The first-order valence-corrected chi connectivity index (χ1v) is 6.54. The molecule has 1 heterocycles. The second-order valence-corrected chi connectivity index (χ2v) is 4.90. The molecule has 0 saturated heterocycles. The summed E-state index contributed by atoms with van der Waals surface area (Å²) in [6, 6.07) is 9.15. The van der Waals surface area contributed by atoms with E-state index in [2.05, 4.69) is 10.00 Å². The molecule has 1 aromatic carbocycles. The van der Waals surface area contributed by atoms with Crippen LogP contribution in [0.2, 0.25) is 0 Å². The average molecular weight is 273 g/mol. The van der Waals surface area contributed by atoms with Crippen LogP contribution in [0.3, 0.4) is 0 Å². The highest BCUT2D eigenvalue weighted by molar-refractivity contribution is 5.89. The van der Waals surface area contributed by atoms with Crippen LogP contribution in [0, 0.1) is 0 Å². The predicted molar refractivity (Wildman–Crippen MR) is 76.6 cm³/mol. The van der Waals surface area contributed by atoms with Gasteiger partial charge in [-0.3, -0.25) is 4.68 Å². The van der Waals surface area contributed by atoms with Crippen LogP contribution in [0.1, 0.15) is 21.6 Å². The molecule has 0 fully saturated rings. The lowest BCUT2D eigenvalue weighted by atomic mass is 10.0. The molecule has 0 spiro atoms. The highest BCUT2D eigenvalue weighted by Crippen LogP contribution is 2.11. The molecule has 0 saturated carbocycles. The summed E-state index contributed by atoms with van der Waals surface area (Å²) >= 11 is 0. The molecule has 2 aromatic rings. The van der Waals surface area contributed by atoms with Gasteiger partial charge in [-0.1, -0.05) is 18.2 Å². The van der Waals surface area contributed by atoms with Crippen molar-refractivity contribution in [2.75, 3.05) is 13.6 Å². The van der Waals surface area contributed by atoms with E-state index in [9.17, 15) is 4.79 Å². The van der Waals surface area contributed by atoms with E-state index in [1.165, 1.54) is 0 Å². The quantitative estimate of drug-likeness (QED) is 0.872. The second kappa shape index (κ2) is 6.34. The number of hydrogen-bond acceptors (Lipinski definition) is 3. The van der Waals surface area contributed by atoms with Gasteiger partial charge in [-0.05, 0) is 31.2 Å². The number of rotatable bonds is 6. The van der Waals surface area contributed by atoms with Crippen molar-refractivity contribution in [1.29, 1.82) is 0 Å². The number of aromatic carboxylic acids is 1. The van der Waals surface area contributed by atoms with Gasteiger partial charge in [0.1, 0.15) is 0 Å². The highest BCUT2D eigenvalue weighted by atomic mass is 16.4. The van der Waals surface area contributed by atoms with E-state index >= 15 is 0 Å². The number of benzene rings is 1. The third-order valence-electron chi connectivity index (χ3n) is 3.37. The zero-order valence-corrected chi connectivity index (χ0v) is 11.8. The maximum atomic E-state index is 11.1. The lowest BCUT2D eigenvalue weighted by Gasteiger charge is -2.17. The molecule has 1 aromatic heterocycles. The summed E-state index contributed by atoms with van der Waals surface area (Å²) in [6.07, 6.45) is 2.50. The van der Waals surface area contributed by atoms with E-state index in [1.54, 1.807) is 18.3 Å². The maximum Gasteiger partial charge on any atom is 0.335 e. The predicted octanol–water partition coefficient (Wildman–Crippen LogP) is 1.79. The minimum atomic E-state index is -0.866. The summed E-state index contributed by atoms with van der Waals surface area (Å²) in [4.78, 5) is 13.3. The van der Waals surface area contributed by atoms with Gasteiger partial charge in [0.25, 0.3) is 0 Å². The Morgan fingerprint density at radius 2 is 2.10 bits per heavy atom. The lowest BCUT2D eigenvalue weighted by Crippen LogP contribution is -2.22. The number of carbonyl (C=O) groups is 1. The van der Waals surface area contributed by atoms with Crippen LogP contribution in [-0.2, 0) is 20.0 Å². The van der Waals surface area contributed by atoms with E-state index in [0.717, 1.165) is 30.8 Å². The Morgan fingerprint density at radius 3 is 2.75 bits per heavy atom. The standard InChI is InChI=1S/C15H19N3O2/c1-17(11-13-7-9-16-18(13)2)10-8-12-5-3-4-6-14(12)15(19)20/h3-7,9H,8,10-11H2,1-2H3,(H,19,20). The molecule has 0 aliphatic heterocycles. The van der Waals surface area contributed by atoms with Crippen LogP contribution in [-0.4, -0.2) is 39.3 Å². The summed E-state index contributed by atoms with van der Waals surface area (Å²) in [6.45, 7) is 1.60. The Kier molecular flexibility index (Phi) is 4.53. The van der Waals surface area contributed by atoms with Gasteiger partial charge in [0.15, 0.2) is 0 Å². The van der Waals surface area contributed by atoms with Crippen LogP contribution in [0.4, 0.5) is 0 Å². The number of aromatic nitrogens is 2. The van der Waals surface area contributed by atoms with Gasteiger partial charge in [-0.2, -0.15) is 5.10 Å². The number of carboxylic acids is 1. The minimum absolute atomic E-state index is 0.390. The van der Waals surface area contributed by atoms with E-state index in [-0.39, 0.29) is 0 Å². The molecule has 106 valence electrons. The zero-order chi connectivity index (χ0) is 14.5. The number of carboxylic acid groups (broad SMARTS) is 1. The van der Waals surface area contributed by atoms with E-state index < -0.39 is 5.97 Å². The number of likely N-dealkylation sites (N-methyl/N-ethyl adjacent to an activating group) is 1. The highest BCUT2D eigenvalue weighted by Gasteiger charge is 2.10. The third-order valence-corrected chi connectivity index (χ3v) is 3.37. The Hall–Kier alpha value is -2.14. The van der Waals surface area contributed by atoms with Gasteiger partial charge in [-0.25, -0.2) is 4.79 Å². The third kappa shape index (κ3) is 3.45. The molecule has 0 aliphatic carbocycles. The first-order chi connectivity index (χ1) is 9.58. The van der Waals surface area contributed by atoms with Gasteiger partial charge >= 0.3 is 5.97 Å². The SMILES string of the molecule is CN(CCc1ccccc1C(=O)O)Cc1ccnn1C. The van der Waals surface area contributed by atoms with Gasteiger partial charge < -0.3 is 10.0 Å². The van der Waals surface area contributed by atoms with Crippen molar-refractivity contribution in [3.8, 4) is 0 Å². The van der Waals surface area contributed by atoms with Gasteiger partial charge in [-0.15, -0.1) is 0 Å². The fourth-order valence-corrected chi connectivity index (χ4v) is 2.17. The molecule has 0 unspecified atom stereocenters. The van der Waals surface area contributed by atoms with Crippen LogP contribution < -0.4 is 0 Å². The normalized spacial score (nSPS) is 10.9. The van der Waals surface area contributed by atoms with Crippen molar-refractivity contribution in [2.45, 2.75) is 13.0 Å². The van der Waals surface area contributed by atoms with Gasteiger partial charge in [0.05, 0.1) is 11.3 Å². The van der Waals surface area contributed by atoms with Crippen molar-refractivity contribution in [3.63, 3.8) is 0 Å². The van der Waals surface area contributed by atoms with Crippen molar-refractivity contribution in [3.05, 3.63) is 53.3 Å².